The van der Waals surface area contributed by atoms with Crippen LogP contribution in [0.3, 0.4) is 0 Å². The second kappa shape index (κ2) is 9.59. The minimum atomic E-state index is -0.155. The summed E-state index contributed by atoms with van der Waals surface area (Å²) in [5, 5.41) is 9.60. The summed E-state index contributed by atoms with van der Waals surface area (Å²) < 4.78 is 2.16. The zero-order valence-electron chi connectivity index (χ0n) is 17.5. The Morgan fingerprint density at radius 1 is 1.29 bits per heavy atom. The minimum Gasteiger partial charge on any atom is -0.339 e. The normalized spacial score (nSPS) is 18.3. The van der Waals surface area contributed by atoms with Crippen molar-refractivity contribution in [2.24, 2.45) is 0 Å². The fourth-order valence-corrected chi connectivity index (χ4v) is 4.90. The summed E-state index contributed by atoms with van der Waals surface area (Å²) in [6.07, 6.45) is 5.50. The maximum atomic E-state index is 13.1. The molecule has 2 aromatic rings. The molecule has 0 spiro atoms. The Morgan fingerprint density at radius 3 is 2.82 bits per heavy atom. The molecule has 1 aliphatic rings. The molecule has 2 unspecified atom stereocenters. The molecule has 0 radical (unpaired) electrons. The van der Waals surface area contributed by atoms with E-state index in [1.54, 1.807) is 11.8 Å². The first-order valence-corrected chi connectivity index (χ1v) is 11.4. The fraction of sp³-hybridized carbons (Fsp3) is 0.591. The summed E-state index contributed by atoms with van der Waals surface area (Å²) in [5.41, 5.74) is 2.28. The quantitative estimate of drug-likeness (QED) is 0.618. The highest BCUT2D eigenvalue weighted by Gasteiger charge is 2.30. The number of carbonyl (C=O) groups excluding carboxylic acids is 1. The van der Waals surface area contributed by atoms with Crippen LogP contribution >= 0.6 is 11.8 Å². The standard InChI is InChI=1S/C22H32N4OS/c1-5-13-26-20(18-11-9-10-16(3)15-18)23-24-22(26)28-17(4)21(27)25-14-8-7-12-19(25)6-2/h9-11,15,17,19H,5-8,12-14H2,1-4H3. The molecule has 0 aliphatic carbocycles. The van der Waals surface area contributed by atoms with Crippen LogP contribution in [0.4, 0.5) is 0 Å². The van der Waals surface area contributed by atoms with Gasteiger partial charge in [0.2, 0.25) is 5.91 Å². The summed E-state index contributed by atoms with van der Waals surface area (Å²) in [5.74, 6) is 1.12. The van der Waals surface area contributed by atoms with Gasteiger partial charge in [-0.3, -0.25) is 4.79 Å². The number of thioether (sulfide) groups is 1. The van der Waals surface area contributed by atoms with Crippen molar-refractivity contribution in [1.82, 2.24) is 19.7 Å². The first kappa shape index (κ1) is 20.9. The smallest absolute Gasteiger partial charge is 0.236 e. The number of benzene rings is 1. The van der Waals surface area contributed by atoms with Crippen molar-refractivity contribution < 1.29 is 4.79 Å². The Labute approximate surface area is 172 Å². The predicted octanol–water partition coefficient (Wildman–Crippen LogP) is 4.94. The number of hydrogen-bond acceptors (Lipinski definition) is 4. The molecule has 5 nitrogen and oxygen atoms in total. The molecule has 1 fully saturated rings. The van der Waals surface area contributed by atoms with Gasteiger partial charge in [-0.1, -0.05) is 49.4 Å². The van der Waals surface area contributed by atoms with Crippen LogP contribution in [0.5, 0.6) is 0 Å². The van der Waals surface area contributed by atoms with E-state index in [0.717, 1.165) is 55.3 Å². The van der Waals surface area contributed by atoms with Crippen molar-refractivity contribution in [3.63, 3.8) is 0 Å². The van der Waals surface area contributed by atoms with Crippen LogP contribution in [0.25, 0.3) is 11.4 Å². The third-order valence-electron chi connectivity index (χ3n) is 5.45. The largest absolute Gasteiger partial charge is 0.339 e. The van der Waals surface area contributed by atoms with Crippen LogP contribution in [-0.4, -0.2) is 43.4 Å². The van der Waals surface area contributed by atoms with Gasteiger partial charge in [0.05, 0.1) is 5.25 Å². The number of nitrogens with zero attached hydrogens (tertiary/aromatic N) is 4. The zero-order valence-corrected chi connectivity index (χ0v) is 18.3. The van der Waals surface area contributed by atoms with E-state index >= 15 is 0 Å². The molecule has 1 aliphatic heterocycles. The molecule has 152 valence electrons. The zero-order chi connectivity index (χ0) is 20.1. The van der Waals surface area contributed by atoms with Crippen molar-refractivity contribution in [3.05, 3.63) is 29.8 Å². The van der Waals surface area contributed by atoms with Gasteiger partial charge in [0, 0.05) is 24.7 Å². The molecule has 1 aromatic carbocycles. The highest BCUT2D eigenvalue weighted by atomic mass is 32.2. The third-order valence-corrected chi connectivity index (χ3v) is 6.52. The highest BCUT2D eigenvalue weighted by molar-refractivity contribution is 8.00. The molecule has 0 saturated carbocycles. The van der Waals surface area contributed by atoms with Crippen molar-refractivity contribution in [1.29, 1.82) is 0 Å². The van der Waals surface area contributed by atoms with Crippen LogP contribution in [0.1, 0.15) is 58.4 Å². The monoisotopic (exact) mass is 400 g/mol. The average molecular weight is 401 g/mol. The molecule has 6 heteroatoms. The van der Waals surface area contributed by atoms with Gasteiger partial charge in [0.15, 0.2) is 11.0 Å². The number of amides is 1. The van der Waals surface area contributed by atoms with E-state index in [1.807, 2.05) is 6.92 Å². The summed E-state index contributed by atoms with van der Waals surface area (Å²) >= 11 is 1.54. The first-order valence-electron chi connectivity index (χ1n) is 10.5. The van der Waals surface area contributed by atoms with Crippen molar-refractivity contribution >= 4 is 17.7 Å². The molecule has 3 rings (SSSR count). The number of hydrogen-bond donors (Lipinski definition) is 0. The molecular weight excluding hydrogens is 368 g/mol. The van der Waals surface area contributed by atoms with Gasteiger partial charge in [-0.25, -0.2) is 0 Å². The molecule has 1 amide bonds. The van der Waals surface area contributed by atoms with E-state index in [-0.39, 0.29) is 11.2 Å². The molecule has 1 saturated heterocycles. The molecular formula is C22H32N4OS. The fourth-order valence-electron chi connectivity index (χ4n) is 3.96. The van der Waals surface area contributed by atoms with Gasteiger partial charge in [-0.15, -0.1) is 10.2 Å². The molecule has 0 bridgehead atoms. The van der Waals surface area contributed by atoms with Crippen LogP contribution in [-0.2, 0) is 11.3 Å². The van der Waals surface area contributed by atoms with E-state index in [4.69, 9.17) is 0 Å². The Balaban J connectivity index is 1.80. The van der Waals surface area contributed by atoms with Crippen LogP contribution < -0.4 is 0 Å². The van der Waals surface area contributed by atoms with Crippen molar-refractivity contribution in [2.75, 3.05) is 6.54 Å². The van der Waals surface area contributed by atoms with E-state index in [0.29, 0.717) is 6.04 Å². The number of rotatable bonds is 7. The van der Waals surface area contributed by atoms with E-state index in [2.05, 4.69) is 64.7 Å². The first-order chi connectivity index (χ1) is 13.5. The van der Waals surface area contributed by atoms with E-state index in [9.17, 15) is 4.79 Å². The molecule has 0 N–H and O–H groups in total. The lowest BCUT2D eigenvalue weighted by Crippen LogP contribution is -2.46. The summed E-state index contributed by atoms with van der Waals surface area (Å²) in [6, 6.07) is 8.74. The van der Waals surface area contributed by atoms with Crippen molar-refractivity contribution in [3.8, 4) is 11.4 Å². The number of aromatic nitrogens is 3. The molecule has 28 heavy (non-hydrogen) atoms. The molecule has 2 atom stereocenters. The topological polar surface area (TPSA) is 51.0 Å². The minimum absolute atomic E-state index is 0.155. The van der Waals surface area contributed by atoms with Gasteiger partial charge in [0.1, 0.15) is 0 Å². The van der Waals surface area contributed by atoms with Crippen LogP contribution in [0.2, 0.25) is 0 Å². The Hall–Kier alpha value is -1.82. The van der Waals surface area contributed by atoms with Gasteiger partial charge < -0.3 is 9.47 Å². The Kier molecular flexibility index (Phi) is 7.16. The van der Waals surface area contributed by atoms with Gasteiger partial charge in [-0.05, 0) is 52.0 Å². The third kappa shape index (κ3) is 4.59. The second-order valence-electron chi connectivity index (χ2n) is 7.68. The summed E-state index contributed by atoms with van der Waals surface area (Å²) in [6.45, 7) is 10.2. The molecule has 1 aromatic heterocycles. The van der Waals surface area contributed by atoms with Gasteiger partial charge in [-0.2, -0.15) is 0 Å². The lowest BCUT2D eigenvalue weighted by Gasteiger charge is -2.36. The Morgan fingerprint density at radius 2 is 2.11 bits per heavy atom. The number of aryl methyl sites for hydroxylation is 1. The lowest BCUT2D eigenvalue weighted by molar-refractivity contribution is -0.134. The second-order valence-corrected chi connectivity index (χ2v) is 8.98. The molecule has 2 heterocycles. The van der Waals surface area contributed by atoms with Gasteiger partial charge >= 0.3 is 0 Å². The average Bonchev–Trinajstić information content (AvgIpc) is 3.10. The predicted molar refractivity (Wildman–Crippen MR) is 115 cm³/mol. The maximum absolute atomic E-state index is 13.1. The van der Waals surface area contributed by atoms with Crippen LogP contribution in [0, 0.1) is 6.92 Å². The van der Waals surface area contributed by atoms with Crippen LogP contribution in [0.15, 0.2) is 29.4 Å². The maximum Gasteiger partial charge on any atom is 0.236 e. The number of carbonyl (C=O) groups is 1. The summed E-state index contributed by atoms with van der Waals surface area (Å²) in [7, 11) is 0. The van der Waals surface area contributed by atoms with E-state index < -0.39 is 0 Å². The highest BCUT2D eigenvalue weighted by Crippen LogP contribution is 2.30. The number of likely N-dealkylation sites (tertiary alicyclic amines) is 1. The SMILES string of the molecule is CCCn1c(SC(C)C(=O)N2CCCCC2CC)nnc1-c1cccc(C)c1. The van der Waals surface area contributed by atoms with E-state index in [1.165, 1.54) is 12.0 Å². The lowest BCUT2D eigenvalue weighted by atomic mass is 10.00. The van der Waals surface area contributed by atoms with Crippen molar-refractivity contribution in [2.45, 2.75) is 82.8 Å². The Bertz CT molecular complexity index is 804. The number of piperidine rings is 1. The van der Waals surface area contributed by atoms with Gasteiger partial charge in [0.25, 0.3) is 0 Å². The summed E-state index contributed by atoms with van der Waals surface area (Å²) in [4.78, 5) is 15.2.